The Bertz CT molecular complexity index is 875. The highest BCUT2D eigenvalue weighted by molar-refractivity contribution is 7.13. The Labute approximate surface area is 163 Å². The standard InChI is InChI=1S/C21H24N2O3S/c1-25-19-9-8-15(12-18(19)24)14-23-10-4-2-3-6-17(23)16-13-20(26-22-16)21-7-5-11-27-21/h5,7-9,11-13,17,24H,2-4,6,10,14H2,1H3/t17-/m1/s1. The van der Waals surface area contributed by atoms with Gasteiger partial charge in [-0.25, -0.2) is 0 Å². The van der Waals surface area contributed by atoms with Crippen LogP contribution in [0.25, 0.3) is 10.6 Å². The Balaban J connectivity index is 1.57. The largest absolute Gasteiger partial charge is 0.504 e. The topological polar surface area (TPSA) is 58.7 Å². The lowest BCUT2D eigenvalue weighted by Gasteiger charge is -2.28. The van der Waals surface area contributed by atoms with Gasteiger partial charge in [0.1, 0.15) is 5.69 Å². The van der Waals surface area contributed by atoms with Crippen LogP contribution in [0, 0.1) is 0 Å². The lowest BCUT2D eigenvalue weighted by atomic mass is 10.1. The van der Waals surface area contributed by atoms with Gasteiger partial charge in [-0.2, -0.15) is 0 Å². The Morgan fingerprint density at radius 2 is 2.19 bits per heavy atom. The highest BCUT2D eigenvalue weighted by Gasteiger charge is 2.26. The monoisotopic (exact) mass is 384 g/mol. The molecule has 0 unspecified atom stereocenters. The summed E-state index contributed by atoms with van der Waals surface area (Å²) in [5, 5.41) is 16.5. The molecule has 1 saturated heterocycles. The highest BCUT2D eigenvalue weighted by atomic mass is 32.1. The molecular weight excluding hydrogens is 360 g/mol. The molecule has 0 amide bonds. The van der Waals surface area contributed by atoms with E-state index in [0.29, 0.717) is 5.75 Å². The highest BCUT2D eigenvalue weighted by Crippen LogP contribution is 2.35. The molecular formula is C21H24N2O3S. The fraction of sp³-hybridized carbons (Fsp3) is 0.381. The van der Waals surface area contributed by atoms with E-state index >= 15 is 0 Å². The van der Waals surface area contributed by atoms with Gasteiger partial charge in [-0.15, -0.1) is 11.3 Å². The predicted molar refractivity (Wildman–Crippen MR) is 106 cm³/mol. The number of aromatic hydroxyl groups is 1. The van der Waals surface area contributed by atoms with Gasteiger partial charge in [0.25, 0.3) is 0 Å². The zero-order valence-electron chi connectivity index (χ0n) is 15.4. The second-order valence-electron chi connectivity index (χ2n) is 6.94. The number of ether oxygens (including phenoxy) is 1. The fourth-order valence-electron chi connectivity index (χ4n) is 3.74. The molecule has 0 radical (unpaired) electrons. The van der Waals surface area contributed by atoms with Crippen molar-refractivity contribution in [2.75, 3.05) is 13.7 Å². The van der Waals surface area contributed by atoms with Gasteiger partial charge in [0, 0.05) is 12.6 Å². The average molecular weight is 385 g/mol. The number of phenols is 1. The van der Waals surface area contributed by atoms with Crippen molar-refractivity contribution < 1.29 is 14.4 Å². The maximum Gasteiger partial charge on any atom is 0.177 e. The summed E-state index contributed by atoms with van der Waals surface area (Å²) in [6, 6.07) is 12.0. The number of likely N-dealkylation sites (tertiary alicyclic amines) is 1. The van der Waals surface area contributed by atoms with Gasteiger partial charge >= 0.3 is 0 Å². The van der Waals surface area contributed by atoms with Gasteiger partial charge in [0.2, 0.25) is 0 Å². The molecule has 5 nitrogen and oxygen atoms in total. The molecule has 6 heteroatoms. The molecule has 0 aliphatic carbocycles. The molecule has 0 bridgehead atoms. The van der Waals surface area contributed by atoms with E-state index in [-0.39, 0.29) is 11.8 Å². The molecule has 3 aromatic rings. The summed E-state index contributed by atoms with van der Waals surface area (Å²) in [5.74, 6) is 1.53. The smallest absolute Gasteiger partial charge is 0.177 e. The van der Waals surface area contributed by atoms with Crippen LogP contribution >= 0.6 is 11.3 Å². The number of thiophene rings is 1. The van der Waals surface area contributed by atoms with E-state index in [1.54, 1.807) is 24.5 Å². The van der Waals surface area contributed by atoms with Gasteiger partial charge in [-0.1, -0.05) is 30.1 Å². The molecule has 2 aromatic heterocycles. The molecule has 1 atom stereocenters. The predicted octanol–water partition coefficient (Wildman–Crippen LogP) is 5.23. The number of aromatic nitrogens is 1. The first-order chi connectivity index (χ1) is 13.2. The minimum absolute atomic E-state index is 0.183. The summed E-state index contributed by atoms with van der Waals surface area (Å²) in [5.41, 5.74) is 2.07. The Hall–Kier alpha value is -2.31. The molecule has 0 saturated carbocycles. The van der Waals surface area contributed by atoms with E-state index in [0.717, 1.165) is 41.4 Å². The first kappa shape index (κ1) is 18.1. The van der Waals surface area contributed by atoms with Crippen LogP contribution in [0.1, 0.15) is 43.0 Å². The lowest BCUT2D eigenvalue weighted by Crippen LogP contribution is -2.28. The summed E-state index contributed by atoms with van der Waals surface area (Å²) in [4.78, 5) is 3.55. The zero-order valence-corrected chi connectivity index (χ0v) is 16.2. The minimum atomic E-state index is 0.183. The first-order valence-electron chi connectivity index (χ1n) is 9.35. The van der Waals surface area contributed by atoms with Crippen LogP contribution < -0.4 is 4.74 Å². The van der Waals surface area contributed by atoms with Crippen LogP contribution in [-0.2, 0) is 6.54 Å². The van der Waals surface area contributed by atoms with Crippen molar-refractivity contribution in [3.05, 3.63) is 53.0 Å². The van der Waals surface area contributed by atoms with E-state index < -0.39 is 0 Å². The molecule has 1 N–H and O–H groups in total. The number of rotatable bonds is 5. The van der Waals surface area contributed by atoms with Crippen LogP contribution in [-0.4, -0.2) is 28.8 Å². The van der Waals surface area contributed by atoms with Crippen LogP contribution in [0.3, 0.4) is 0 Å². The van der Waals surface area contributed by atoms with Crippen molar-refractivity contribution in [3.63, 3.8) is 0 Å². The van der Waals surface area contributed by atoms with Gasteiger partial charge < -0.3 is 14.4 Å². The average Bonchev–Trinajstić information content (AvgIpc) is 3.32. The van der Waals surface area contributed by atoms with Crippen molar-refractivity contribution in [2.24, 2.45) is 0 Å². The molecule has 1 aliphatic heterocycles. The second kappa shape index (κ2) is 8.15. The number of nitrogens with zero attached hydrogens (tertiary/aromatic N) is 2. The summed E-state index contributed by atoms with van der Waals surface area (Å²) in [7, 11) is 1.56. The van der Waals surface area contributed by atoms with Crippen molar-refractivity contribution in [1.82, 2.24) is 10.1 Å². The third-order valence-corrected chi connectivity index (χ3v) is 6.01. The van der Waals surface area contributed by atoms with Crippen LogP contribution in [0.2, 0.25) is 0 Å². The Morgan fingerprint density at radius 3 is 2.96 bits per heavy atom. The van der Waals surface area contributed by atoms with E-state index in [1.165, 1.54) is 19.3 Å². The zero-order chi connectivity index (χ0) is 18.6. The van der Waals surface area contributed by atoms with E-state index in [4.69, 9.17) is 9.26 Å². The molecule has 142 valence electrons. The van der Waals surface area contributed by atoms with Crippen molar-refractivity contribution in [1.29, 1.82) is 0 Å². The molecule has 1 aromatic carbocycles. The third kappa shape index (κ3) is 4.01. The molecule has 0 spiro atoms. The van der Waals surface area contributed by atoms with Crippen LogP contribution in [0.4, 0.5) is 0 Å². The fourth-order valence-corrected chi connectivity index (χ4v) is 4.41. The van der Waals surface area contributed by atoms with E-state index in [1.807, 2.05) is 23.6 Å². The number of hydrogen-bond donors (Lipinski definition) is 1. The molecule has 1 aliphatic rings. The van der Waals surface area contributed by atoms with E-state index in [9.17, 15) is 5.11 Å². The first-order valence-corrected chi connectivity index (χ1v) is 10.2. The lowest BCUT2D eigenvalue weighted by molar-refractivity contribution is 0.184. The maximum atomic E-state index is 10.1. The Morgan fingerprint density at radius 1 is 1.26 bits per heavy atom. The maximum absolute atomic E-state index is 10.1. The van der Waals surface area contributed by atoms with Crippen LogP contribution in [0.15, 0.2) is 46.3 Å². The number of phenolic OH excluding ortho intramolecular Hbond substituents is 1. The summed E-state index contributed by atoms with van der Waals surface area (Å²) >= 11 is 1.66. The molecule has 4 rings (SSSR count). The van der Waals surface area contributed by atoms with Crippen molar-refractivity contribution in [2.45, 2.75) is 38.3 Å². The quantitative estimate of drug-likeness (QED) is 0.652. The SMILES string of the molecule is COc1ccc(CN2CCCCC[C@@H]2c2cc(-c3cccs3)on2)cc1O. The van der Waals surface area contributed by atoms with Crippen LogP contribution in [0.5, 0.6) is 11.5 Å². The number of benzene rings is 1. The summed E-state index contributed by atoms with van der Waals surface area (Å²) in [6.45, 7) is 1.78. The molecule has 27 heavy (non-hydrogen) atoms. The number of methoxy groups -OCH3 is 1. The normalized spacial score (nSPS) is 18.3. The summed E-state index contributed by atoms with van der Waals surface area (Å²) in [6.07, 6.45) is 4.67. The van der Waals surface area contributed by atoms with Gasteiger partial charge in [-0.3, -0.25) is 4.90 Å². The van der Waals surface area contributed by atoms with Gasteiger partial charge in [-0.05, 0) is 48.5 Å². The van der Waals surface area contributed by atoms with Crippen molar-refractivity contribution in [3.8, 4) is 22.1 Å². The second-order valence-corrected chi connectivity index (χ2v) is 7.88. The third-order valence-electron chi connectivity index (χ3n) is 5.13. The van der Waals surface area contributed by atoms with Gasteiger partial charge in [0.15, 0.2) is 17.3 Å². The number of hydrogen-bond acceptors (Lipinski definition) is 6. The Kier molecular flexibility index (Phi) is 5.45. The van der Waals surface area contributed by atoms with Crippen molar-refractivity contribution >= 4 is 11.3 Å². The molecule has 3 heterocycles. The summed E-state index contributed by atoms with van der Waals surface area (Å²) < 4.78 is 10.8. The van der Waals surface area contributed by atoms with Gasteiger partial charge in [0.05, 0.1) is 18.0 Å². The minimum Gasteiger partial charge on any atom is -0.504 e. The van der Waals surface area contributed by atoms with E-state index in [2.05, 4.69) is 22.2 Å². The molecule has 1 fully saturated rings.